The number of aromatic nitrogens is 2. The topological polar surface area (TPSA) is 121 Å². The van der Waals surface area contributed by atoms with Crippen molar-refractivity contribution < 1.29 is 17.9 Å². The summed E-state index contributed by atoms with van der Waals surface area (Å²) in [5.41, 5.74) is 1.50. The molecule has 2 heterocycles. The highest BCUT2D eigenvalue weighted by atomic mass is 32.2. The number of likely N-dealkylation sites (tertiary alicyclic amines) is 1. The van der Waals surface area contributed by atoms with Crippen LogP contribution in [0.2, 0.25) is 0 Å². The summed E-state index contributed by atoms with van der Waals surface area (Å²) < 4.78 is 32.7. The number of piperidine rings is 1. The third kappa shape index (κ3) is 5.52. The molecule has 2 aromatic carbocycles. The average Bonchev–Trinajstić information content (AvgIpc) is 2.82. The molecule has 34 heavy (non-hydrogen) atoms. The Morgan fingerprint density at radius 1 is 1.24 bits per heavy atom. The van der Waals surface area contributed by atoms with Crippen molar-refractivity contribution in [1.29, 1.82) is 0 Å². The number of rotatable bonds is 7. The molecule has 1 saturated heterocycles. The first-order chi connectivity index (χ1) is 16.2. The number of carbonyl (C=O) groups is 1. The summed E-state index contributed by atoms with van der Waals surface area (Å²) in [5, 5.41) is 0.401. The number of fused-ring (bicyclic) bond motifs is 1. The molecule has 0 spiro atoms. The molecular weight excluding hydrogens is 456 g/mol. The van der Waals surface area contributed by atoms with Gasteiger partial charge in [-0.25, -0.2) is 22.9 Å². The zero-order chi connectivity index (χ0) is 24.3. The molecular formula is C24H28N4O5S. The number of aryl methyl sites for hydroxylation is 1. The Balaban J connectivity index is 1.43. The van der Waals surface area contributed by atoms with Gasteiger partial charge in [-0.1, -0.05) is 17.7 Å². The number of ether oxygens (including phenoxy) is 1. The number of H-pyrrole nitrogens is 1. The van der Waals surface area contributed by atoms with Crippen LogP contribution in [0.1, 0.15) is 34.6 Å². The summed E-state index contributed by atoms with van der Waals surface area (Å²) in [6, 6.07) is 11.4. The molecule has 0 radical (unpaired) electrons. The van der Waals surface area contributed by atoms with Crippen LogP contribution < -0.4 is 10.3 Å². The van der Waals surface area contributed by atoms with E-state index in [1.165, 1.54) is 13.2 Å². The minimum Gasteiger partial charge on any atom is -0.465 e. The lowest BCUT2D eigenvalue weighted by Gasteiger charge is -2.32. The van der Waals surface area contributed by atoms with Crippen molar-refractivity contribution >= 4 is 26.9 Å². The molecule has 10 heteroatoms. The van der Waals surface area contributed by atoms with E-state index in [1.54, 1.807) is 36.4 Å². The van der Waals surface area contributed by atoms with E-state index in [1.807, 2.05) is 6.92 Å². The molecule has 1 aliphatic heterocycles. The first kappa shape index (κ1) is 24.1. The Morgan fingerprint density at radius 2 is 2.00 bits per heavy atom. The molecule has 180 valence electrons. The van der Waals surface area contributed by atoms with Crippen LogP contribution in [0.15, 0.2) is 52.2 Å². The van der Waals surface area contributed by atoms with Crippen molar-refractivity contribution in [3.8, 4) is 0 Å². The van der Waals surface area contributed by atoms with Gasteiger partial charge in [-0.05, 0) is 62.6 Å². The summed E-state index contributed by atoms with van der Waals surface area (Å²) in [6.07, 6.45) is 1.83. The lowest BCUT2D eigenvalue weighted by atomic mass is 9.98. The predicted molar refractivity (Wildman–Crippen MR) is 128 cm³/mol. The number of esters is 1. The lowest BCUT2D eigenvalue weighted by Crippen LogP contribution is -2.41. The Bertz CT molecular complexity index is 1350. The normalized spacial score (nSPS) is 17.1. The highest BCUT2D eigenvalue weighted by molar-refractivity contribution is 7.89. The maximum atomic E-state index is 12.6. The average molecular weight is 485 g/mol. The van der Waals surface area contributed by atoms with Gasteiger partial charge in [0.05, 0.1) is 35.0 Å². The van der Waals surface area contributed by atoms with Crippen molar-refractivity contribution in [2.45, 2.75) is 31.2 Å². The monoisotopic (exact) mass is 484 g/mol. The first-order valence-electron chi connectivity index (χ1n) is 11.1. The van der Waals surface area contributed by atoms with Crippen LogP contribution in [0.25, 0.3) is 10.9 Å². The minimum atomic E-state index is -3.56. The van der Waals surface area contributed by atoms with Gasteiger partial charge in [-0.2, -0.15) is 0 Å². The fourth-order valence-corrected chi connectivity index (χ4v) is 5.33. The Kier molecular flexibility index (Phi) is 7.11. The zero-order valence-electron chi connectivity index (χ0n) is 19.2. The van der Waals surface area contributed by atoms with Crippen LogP contribution in [0.3, 0.4) is 0 Å². The minimum absolute atomic E-state index is 0.145. The van der Waals surface area contributed by atoms with E-state index in [0.29, 0.717) is 41.9 Å². The van der Waals surface area contributed by atoms with E-state index in [4.69, 9.17) is 4.74 Å². The van der Waals surface area contributed by atoms with Gasteiger partial charge in [0.15, 0.2) is 0 Å². The quantitative estimate of drug-likeness (QED) is 0.493. The van der Waals surface area contributed by atoms with Crippen LogP contribution >= 0.6 is 0 Å². The second kappa shape index (κ2) is 10.0. The third-order valence-electron chi connectivity index (χ3n) is 6.05. The van der Waals surface area contributed by atoms with E-state index >= 15 is 0 Å². The highest BCUT2D eigenvalue weighted by Gasteiger charge is 2.23. The molecule has 1 aliphatic rings. The van der Waals surface area contributed by atoms with E-state index in [9.17, 15) is 18.0 Å². The van der Waals surface area contributed by atoms with E-state index < -0.39 is 16.0 Å². The van der Waals surface area contributed by atoms with Crippen molar-refractivity contribution in [3.63, 3.8) is 0 Å². The molecule has 2 N–H and O–H groups in total. The second-order valence-electron chi connectivity index (χ2n) is 8.64. The van der Waals surface area contributed by atoms with E-state index in [0.717, 1.165) is 24.9 Å². The maximum Gasteiger partial charge on any atom is 0.337 e. The molecule has 1 atom stereocenters. The highest BCUT2D eigenvalue weighted by Crippen LogP contribution is 2.19. The van der Waals surface area contributed by atoms with Crippen molar-refractivity contribution in [2.24, 2.45) is 5.92 Å². The summed E-state index contributed by atoms with van der Waals surface area (Å²) in [5.74, 6) is 0.157. The number of nitrogens with one attached hydrogen (secondary N) is 2. The van der Waals surface area contributed by atoms with Gasteiger partial charge in [0.2, 0.25) is 10.0 Å². The number of hydrogen-bond donors (Lipinski definition) is 2. The molecule has 1 aromatic heterocycles. The maximum absolute atomic E-state index is 12.6. The molecule has 1 fully saturated rings. The summed E-state index contributed by atoms with van der Waals surface area (Å²) in [4.78, 5) is 34.1. The van der Waals surface area contributed by atoms with Gasteiger partial charge in [0.25, 0.3) is 5.56 Å². The zero-order valence-corrected chi connectivity index (χ0v) is 20.0. The molecule has 9 nitrogen and oxygen atoms in total. The Morgan fingerprint density at radius 3 is 2.74 bits per heavy atom. The molecule has 0 amide bonds. The fraction of sp³-hybridized carbons (Fsp3) is 0.375. The van der Waals surface area contributed by atoms with Crippen LogP contribution in [0, 0.1) is 12.8 Å². The number of benzene rings is 2. The van der Waals surface area contributed by atoms with Crippen molar-refractivity contribution in [1.82, 2.24) is 19.6 Å². The molecule has 0 saturated carbocycles. The molecule has 0 aliphatic carbocycles. The summed E-state index contributed by atoms with van der Waals surface area (Å²) in [6.45, 7) is 4.19. The SMILES string of the molecule is COC(=O)c1ccc2c(=O)[nH]c(CN3CCCC(CNS(=O)(=O)c4ccc(C)cc4)C3)nc2c1. The van der Waals surface area contributed by atoms with Crippen molar-refractivity contribution in [2.75, 3.05) is 26.7 Å². The van der Waals surface area contributed by atoms with Crippen molar-refractivity contribution in [3.05, 3.63) is 69.8 Å². The largest absolute Gasteiger partial charge is 0.465 e. The fourth-order valence-electron chi connectivity index (χ4n) is 4.21. The number of sulfonamides is 1. The lowest BCUT2D eigenvalue weighted by molar-refractivity contribution is 0.0601. The molecule has 3 aromatic rings. The van der Waals surface area contributed by atoms with Crippen LogP contribution in [-0.4, -0.2) is 56.0 Å². The first-order valence-corrected chi connectivity index (χ1v) is 12.6. The standard InChI is InChI=1S/C24H28N4O5S/c1-16-5-8-19(9-6-16)34(31,32)25-13-17-4-3-11-28(14-17)15-22-26-21-12-18(24(30)33-2)7-10-20(21)23(29)27-22/h5-10,12,17,25H,3-4,11,13-15H2,1-2H3,(H,26,27,29). The smallest absolute Gasteiger partial charge is 0.337 e. The number of hydrogen-bond acceptors (Lipinski definition) is 7. The Hall–Kier alpha value is -3.08. The number of methoxy groups -OCH3 is 1. The van der Waals surface area contributed by atoms with Crippen LogP contribution in [0.5, 0.6) is 0 Å². The van der Waals surface area contributed by atoms with E-state index in [2.05, 4.69) is 19.6 Å². The van der Waals surface area contributed by atoms with Gasteiger partial charge in [0, 0.05) is 13.1 Å². The second-order valence-corrected chi connectivity index (χ2v) is 10.4. The number of carbonyl (C=O) groups excluding carboxylic acids is 1. The summed E-state index contributed by atoms with van der Waals surface area (Å²) >= 11 is 0. The molecule has 0 bridgehead atoms. The third-order valence-corrected chi connectivity index (χ3v) is 7.49. The van der Waals surface area contributed by atoms with Gasteiger partial charge in [-0.3, -0.25) is 9.69 Å². The summed E-state index contributed by atoms with van der Waals surface area (Å²) in [7, 11) is -2.26. The van der Waals surface area contributed by atoms with Gasteiger partial charge < -0.3 is 9.72 Å². The predicted octanol–water partition coefficient (Wildman–Crippen LogP) is 2.21. The van der Waals surface area contributed by atoms with Crippen LogP contribution in [0.4, 0.5) is 0 Å². The van der Waals surface area contributed by atoms with Gasteiger partial charge in [0.1, 0.15) is 5.82 Å². The molecule has 1 unspecified atom stereocenters. The van der Waals surface area contributed by atoms with E-state index in [-0.39, 0.29) is 16.4 Å². The molecule has 4 rings (SSSR count). The van der Waals surface area contributed by atoms with Crippen LogP contribution in [-0.2, 0) is 21.3 Å². The Labute approximate surface area is 198 Å². The number of aromatic amines is 1. The number of nitrogens with zero attached hydrogens (tertiary/aromatic N) is 2. The van der Waals surface area contributed by atoms with Gasteiger partial charge >= 0.3 is 5.97 Å². The van der Waals surface area contributed by atoms with Gasteiger partial charge in [-0.15, -0.1) is 0 Å².